The summed E-state index contributed by atoms with van der Waals surface area (Å²) in [5.74, 6) is 0. The number of nitrogens with zero attached hydrogens (tertiary/aromatic N) is 1. The summed E-state index contributed by atoms with van der Waals surface area (Å²) in [5, 5.41) is 4.79. The zero-order chi connectivity index (χ0) is 12.0. The molecule has 3 rings (SSSR count). The Labute approximate surface area is 103 Å². The summed E-state index contributed by atoms with van der Waals surface area (Å²) in [5.41, 5.74) is 4.71. The molecule has 1 aromatic heterocycles. The highest BCUT2D eigenvalue weighted by molar-refractivity contribution is 5.88. The van der Waals surface area contributed by atoms with E-state index < -0.39 is 0 Å². The number of nitrogens with one attached hydrogen (secondary N) is 1. The van der Waals surface area contributed by atoms with Crippen LogP contribution in [0, 0.1) is 6.92 Å². The van der Waals surface area contributed by atoms with Crippen LogP contribution in [0.4, 0.5) is 0 Å². The summed E-state index contributed by atoms with van der Waals surface area (Å²) >= 11 is 0. The number of para-hydroxylation sites is 1. The number of aryl methyl sites for hydroxylation is 2. The first-order valence-corrected chi connectivity index (χ1v) is 6.38. The highest BCUT2D eigenvalue weighted by atomic mass is 14.9. The van der Waals surface area contributed by atoms with Crippen molar-refractivity contribution in [1.82, 2.24) is 9.88 Å². The summed E-state index contributed by atoms with van der Waals surface area (Å²) < 4.78 is 2.29. The smallest absolute Gasteiger partial charge is 0.0510 e. The first-order chi connectivity index (χ1) is 8.18. The number of hydrogen-bond donors (Lipinski definition) is 1. The second kappa shape index (κ2) is 3.61. The average molecular weight is 228 g/mol. The van der Waals surface area contributed by atoms with Crippen LogP contribution in [0.2, 0.25) is 0 Å². The van der Waals surface area contributed by atoms with Gasteiger partial charge in [0.2, 0.25) is 0 Å². The Morgan fingerprint density at radius 2 is 2.12 bits per heavy atom. The van der Waals surface area contributed by atoms with Crippen LogP contribution in [-0.4, -0.2) is 18.2 Å². The SMILES string of the molecule is CNCC1(c2cn(C)c3c(C)cccc23)CC1. The lowest BCUT2D eigenvalue weighted by Gasteiger charge is -2.13. The summed E-state index contributed by atoms with van der Waals surface area (Å²) in [4.78, 5) is 0. The number of fused-ring (bicyclic) bond motifs is 1. The number of rotatable bonds is 3. The van der Waals surface area contributed by atoms with Gasteiger partial charge in [-0.05, 0) is 37.9 Å². The quantitative estimate of drug-likeness (QED) is 0.854. The normalized spacial score (nSPS) is 17.6. The van der Waals surface area contributed by atoms with Crippen LogP contribution in [0.5, 0.6) is 0 Å². The molecule has 0 atom stereocenters. The van der Waals surface area contributed by atoms with Crippen LogP contribution in [0.3, 0.4) is 0 Å². The van der Waals surface area contributed by atoms with Gasteiger partial charge in [0.25, 0.3) is 0 Å². The Hall–Kier alpha value is -1.28. The summed E-state index contributed by atoms with van der Waals surface area (Å²) in [7, 11) is 4.21. The molecule has 2 aromatic rings. The van der Waals surface area contributed by atoms with E-state index in [0.717, 1.165) is 6.54 Å². The molecule has 0 radical (unpaired) electrons. The Bertz CT molecular complexity index is 562. The van der Waals surface area contributed by atoms with E-state index in [1.54, 1.807) is 0 Å². The van der Waals surface area contributed by atoms with Gasteiger partial charge in [0.15, 0.2) is 0 Å². The van der Waals surface area contributed by atoms with Crippen LogP contribution < -0.4 is 5.32 Å². The van der Waals surface area contributed by atoms with Crippen molar-refractivity contribution in [3.05, 3.63) is 35.5 Å². The van der Waals surface area contributed by atoms with E-state index in [0.29, 0.717) is 5.41 Å². The van der Waals surface area contributed by atoms with Gasteiger partial charge in [-0.3, -0.25) is 0 Å². The second-order valence-electron chi connectivity index (χ2n) is 5.44. The zero-order valence-corrected chi connectivity index (χ0v) is 10.9. The number of benzene rings is 1. The van der Waals surface area contributed by atoms with E-state index in [4.69, 9.17) is 0 Å². The van der Waals surface area contributed by atoms with Crippen molar-refractivity contribution in [2.45, 2.75) is 25.2 Å². The van der Waals surface area contributed by atoms with Crippen LogP contribution in [0.1, 0.15) is 24.0 Å². The van der Waals surface area contributed by atoms with E-state index >= 15 is 0 Å². The number of likely N-dealkylation sites (N-methyl/N-ethyl adjacent to an activating group) is 1. The van der Waals surface area contributed by atoms with Crippen LogP contribution in [0.15, 0.2) is 24.4 Å². The van der Waals surface area contributed by atoms with Gasteiger partial charge in [-0.15, -0.1) is 0 Å². The molecule has 1 aliphatic rings. The minimum Gasteiger partial charge on any atom is -0.350 e. The van der Waals surface area contributed by atoms with E-state index in [2.05, 4.69) is 55.3 Å². The molecular weight excluding hydrogens is 208 g/mol. The summed E-state index contributed by atoms with van der Waals surface area (Å²) in [6, 6.07) is 6.65. The highest BCUT2D eigenvalue weighted by Gasteiger charge is 2.45. The molecule has 1 heterocycles. The lowest BCUT2D eigenvalue weighted by Crippen LogP contribution is -2.23. The molecule has 1 saturated carbocycles. The molecule has 0 saturated heterocycles. The fraction of sp³-hybridized carbons (Fsp3) is 0.467. The Balaban J connectivity index is 2.22. The van der Waals surface area contributed by atoms with Crippen LogP contribution >= 0.6 is 0 Å². The molecule has 2 heteroatoms. The minimum atomic E-state index is 0.405. The molecule has 0 aliphatic heterocycles. The lowest BCUT2D eigenvalue weighted by molar-refractivity contribution is 0.626. The van der Waals surface area contributed by atoms with Gasteiger partial charge in [0.1, 0.15) is 0 Å². The van der Waals surface area contributed by atoms with E-state index in [-0.39, 0.29) is 0 Å². The van der Waals surface area contributed by atoms with Gasteiger partial charge in [-0.2, -0.15) is 0 Å². The fourth-order valence-electron chi connectivity index (χ4n) is 3.13. The molecule has 0 spiro atoms. The third kappa shape index (κ3) is 1.51. The number of aromatic nitrogens is 1. The van der Waals surface area contributed by atoms with Gasteiger partial charge in [-0.1, -0.05) is 18.2 Å². The summed E-state index contributed by atoms with van der Waals surface area (Å²) in [6.45, 7) is 3.30. The van der Waals surface area contributed by atoms with Gasteiger partial charge >= 0.3 is 0 Å². The van der Waals surface area contributed by atoms with Gasteiger partial charge < -0.3 is 9.88 Å². The monoisotopic (exact) mass is 228 g/mol. The van der Waals surface area contributed by atoms with E-state index in [1.807, 2.05) is 0 Å². The van der Waals surface area contributed by atoms with Crippen molar-refractivity contribution in [1.29, 1.82) is 0 Å². The third-order valence-corrected chi connectivity index (χ3v) is 4.14. The third-order valence-electron chi connectivity index (χ3n) is 4.14. The fourth-order valence-corrected chi connectivity index (χ4v) is 3.13. The molecule has 90 valence electrons. The van der Waals surface area contributed by atoms with Crippen molar-refractivity contribution in [3.8, 4) is 0 Å². The molecule has 2 nitrogen and oxygen atoms in total. The zero-order valence-electron chi connectivity index (χ0n) is 10.9. The van der Waals surface area contributed by atoms with Crippen molar-refractivity contribution >= 4 is 10.9 Å². The van der Waals surface area contributed by atoms with Crippen molar-refractivity contribution in [3.63, 3.8) is 0 Å². The average Bonchev–Trinajstić information content (AvgIpc) is 2.99. The molecule has 17 heavy (non-hydrogen) atoms. The largest absolute Gasteiger partial charge is 0.350 e. The van der Waals surface area contributed by atoms with Crippen molar-refractivity contribution in [2.75, 3.05) is 13.6 Å². The molecule has 0 amide bonds. The van der Waals surface area contributed by atoms with Crippen LogP contribution in [-0.2, 0) is 12.5 Å². The van der Waals surface area contributed by atoms with Crippen LogP contribution in [0.25, 0.3) is 10.9 Å². The predicted octanol–water partition coefficient (Wildman–Crippen LogP) is 2.74. The lowest BCUT2D eigenvalue weighted by atomic mass is 9.95. The molecule has 1 N–H and O–H groups in total. The maximum Gasteiger partial charge on any atom is 0.0510 e. The maximum absolute atomic E-state index is 3.35. The maximum atomic E-state index is 3.35. The molecule has 1 fully saturated rings. The Kier molecular flexibility index (Phi) is 2.30. The van der Waals surface area contributed by atoms with E-state index in [1.165, 1.54) is 34.9 Å². The van der Waals surface area contributed by atoms with Crippen molar-refractivity contribution in [2.24, 2.45) is 7.05 Å². The molecule has 1 aromatic carbocycles. The minimum absolute atomic E-state index is 0.405. The summed E-state index contributed by atoms with van der Waals surface area (Å²) in [6.07, 6.45) is 4.98. The Morgan fingerprint density at radius 1 is 1.35 bits per heavy atom. The topological polar surface area (TPSA) is 17.0 Å². The molecule has 1 aliphatic carbocycles. The second-order valence-corrected chi connectivity index (χ2v) is 5.44. The van der Waals surface area contributed by atoms with Gasteiger partial charge in [0.05, 0.1) is 5.52 Å². The molecular formula is C15H20N2. The first kappa shape index (κ1) is 10.8. The standard InChI is InChI=1S/C15H20N2/c1-11-5-4-6-12-13(9-17(3)14(11)12)15(7-8-15)10-16-2/h4-6,9,16H,7-8,10H2,1-3H3. The number of hydrogen-bond acceptors (Lipinski definition) is 1. The van der Waals surface area contributed by atoms with E-state index in [9.17, 15) is 0 Å². The highest BCUT2D eigenvalue weighted by Crippen LogP contribution is 2.50. The van der Waals surface area contributed by atoms with Gasteiger partial charge in [-0.25, -0.2) is 0 Å². The van der Waals surface area contributed by atoms with Crippen molar-refractivity contribution < 1.29 is 0 Å². The van der Waals surface area contributed by atoms with Gasteiger partial charge in [0, 0.05) is 30.6 Å². The molecule has 0 unspecified atom stereocenters. The Morgan fingerprint density at radius 3 is 2.76 bits per heavy atom. The first-order valence-electron chi connectivity index (χ1n) is 6.38. The molecule has 0 bridgehead atoms. The predicted molar refractivity (Wildman–Crippen MR) is 72.5 cm³/mol.